The molecule has 1 fully saturated rings. The molecule has 2 aliphatic heterocycles. The van der Waals surface area contributed by atoms with Crippen molar-refractivity contribution in [3.63, 3.8) is 0 Å². The maximum absolute atomic E-state index is 12.3. The van der Waals surface area contributed by atoms with Crippen molar-refractivity contribution in [2.45, 2.75) is 51.1 Å². The van der Waals surface area contributed by atoms with Gasteiger partial charge in [-0.3, -0.25) is 9.48 Å². The molecule has 23 heavy (non-hydrogen) atoms. The molecular formula is C16H22N6O. The molecule has 0 radical (unpaired) electrons. The van der Waals surface area contributed by atoms with Crippen molar-refractivity contribution in [2.24, 2.45) is 0 Å². The van der Waals surface area contributed by atoms with Gasteiger partial charge in [-0.05, 0) is 31.7 Å². The van der Waals surface area contributed by atoms with Crippen LogP contribution in [0.3, 0.4) is 0 Å². The van der Waals surface area contributed by atoms with Crippen LogP contribution in [0.1, 0.15) is 43.3 Å². The summed E-state index contributed by atoms with van der Waals surface area (Å²) < 4.78 is 4.00. The summed E-state index contributed by atoms with van der Waals surface area (Å²) in [6.07, 6.45) is 8.97. The lowest BCUT2D eigenvalue weighted by Crippen LogP contribution is -2.40. The Morgan fingerprint density at radius 3 is 2.83 bits per heavy atom. The van der Waals surface area contributed by atoms with Crippen LogP contribution in [0.5, 0.6) is 0 Å². The van der Waals surface area contributed by atoms with Gasteiger partial charge in [-0.25, -0.2) is 0 Å². The van der Waals surface area contributed by atoms with Gasteiger partial charge in [0.2, 0.25) is 5.91 Å². The molecule has 1 saturated heterocycles. The quantitative estimate of drug-likeness (QED) is 0.854. The van der Waals surface area contributed by atoms with Crippen LogP contribution in [0.15, 0.2) is 18.5 Å². The molecule has 4 rings (SSSR count). The molecule has 4 heterocycles. The Balaban J connectivity index is 1.37. The number of likely N-dealkylation sites (tertiary alicyclic amines) is 1. The van der Waals surface area contributed by atoms with E-state index in [4.69, 9.17) is 0 Å². The zero-order valence-corrected chi connectivity index (χ0v) is 13.3. The second-order valence-electron chi connectivity index (χ2n) is 6.44. The van der Waals surface area contributed by atoms with Crippen LogP contribution in [0.25, 0.3) is 0 Å². The first kappa shape index (κ1) is 14.4. The number of piperidine rings is 1. The molecule has 2 aromatic heterocycles. The first-order valence-corrected chi connectivity index (χ1v) is 8.48. The summed E-state index contributed by atoms with van der Waals surface area (Å²) in [5.74, 6) is 2.86. The standard InChI is InChI=1S/C16H22N6O/c23-15(12-21-8-3-7-17-21)20-10-5-13(6-11-20)16-19-18-14-4-1-2-9-22(14)16/h3,7-8,13H,1-2,4-6,9-12H2. The predicted molar refractivity (Wildman–Crippen MR) is 83.7 cm³/mol. The lowest BCUT2D eigenvalue weighted by atomic mass is 9.95. The van der Waals surface area contributed by atoms with Gasteiger partial charge in [-0.15, -0.1) is 10.2 Å². The third-order valence-electron chi connectivity index (χ3n) is 4.96. The minimum Gasteiger partial charge on any atom is -0.341 e. The first-order chi connectivity index (χ1) is 11.3. The smallest absolute Gasteiger partial charge is 0.244 e. The number of hydrogen-bond acceptors (Lipinski definition) is 4. The second kappa shape index (κ2) is 6.14. The number of carbonyl (C=O) groups excluding carboxylic acids is 1. The highest BCUT2D eigenvalue weighted by molar-refractivity contribution is 5.76. The average Bonchev–Trinajstić information content (AvgIpc) is 3.24. The van der Waals surface area contributed by atoms with Gasteiger partial charge in [-0.1, -0.05) is 0 Å². The average molecular weight is 314 g/mol. The van der Waals surface area contributed by atoms with Crippen molar-refractivity contribution >= 4 is 5.91 Å². The van der Waals surface area contributed by atoms with E-state index >= 15 is 0 Å². The Hall–Kier alpha value is -2.18. The van der Waals surface area contributed by atoms with Crippen molar-refractivity contribution in [3.05, 3.63) is 30.1 Å². The Morgan fingerprint density at radius 2 is 2.04 bits per heavy atom. The summed E-state index contributed by atoms with van der Waals surface area (Å²) >= 11 is 0. The third kappa shape index (κ3) is 2.87. The van der Waals surface area contributed by atoms with Crippen LogP contribution >= 0.6 is 0 Å². The Bertz CT molecular complexity index is 669. The van der Waals surface area contributed by atoms with Crippen molar-refractivity contribution in [2.75, 3.05) is 13.1 Å². The molecule has 0 unspecified atom stereocenters. The zero-order chi connectivity index (χ0) is 15.6. The highest BCUT2D eigenvalue weighted by atomic mass is 16.2. The third-order valence-corrected chi connectivity index (χ3v) is 4.96. The van der Waals surface area contributed by atoms with E-state index in [-0.39, 0.29) is 5.91 Å². The number of aryl methyl sites for hydroxylation is 1. The summed E-state index contributed by atoms with van der Waals surface area (Å²) in [4.78, 5) is 14.3. The number of aromatic nitrogens is 5. The fourth-order valence-corrected chi connectivity index (χ4v) is 3.65. The second-order valence-corrected chi connectivity index (χ2v) is 6.44. The van der Waals surface area contributed by atoms with Gasteiger partial charge in [-0.2, -0.15) is 5.10 Å². The van der Waals surface area contributed by atoms with Gasteiger partial charge < -0.3 is 9.47 Å². The SMILES string of the molecule is O=C(Cn1cccn1)N1CCC(c2nnc3n2CCCC3)CC1. The van der Waals surface area contributed by atoms with Gasteiger partial charge in [0, 0.05) is 44.4 Å². The number of fused-ring (bicyclic) bond motifs is 1. The van der Waals surface area contributed by atoms with Crippen LogP contribution < -0.4 is 0 Å². The number of rotatable bonds is 3. The molecule has 0 spiro atoms. The summed E-state index contributed by atoms with van der Waals surface area (Å²) in [5.41, 5.74) is 0. The first-order valence-electron chi connectivity index (χ1n) is 8.48. The van der Waals surface area contributed by atoms with Gasteiger partial charge in [0.1, 0.15) is 18.2 Å². The van der Waals surface area contributed by atoms with Gasteiger partial charge in [0.15, 0.2) is 0 Å². The lowest BCUT2D eigenvalue weighted by molar-refractivity contribution is -0.133. The predicted octanol–water partition coefficient (Wildman–Crippen LogP) is 1.22. The summed E-state index contributed by atoms with van der Waals surface area (Å²) in [6, 6.07) is 1.84. The molecule has 0 N–H and O–H groups in total. The molecule has 122 valence electrons. The van der Waals surface area contributed by atoms with Gasteiger partial charge in [0.25, 0.3) is 0 Å². The van der Waals surface area contributed by atoms with Crippen LogP contribution in [-0.2, 0) is 24.3 Å². The number of hydrogen-bond donors (Lipinski definition) is 0. The minimum atomic E-state index is 0.149. The summed E-state index contributed by atoms with van der Waals surface area (Å²) in [5, 5.41) is 12.9. The van der Waals surface area contributed by atoms with Crippen molar-refractivity contribution in [1.29, 1.82) is 0 Å². The van der Waals surface area contributed by atoms with Crippen molar-refractivity contribution in [1.82, 2.24) is 29.4 Å². The van der Waals surface area contributed by atoms with E-state index in [2.05, 4.69) is 19.9 Å². The van der Waals surface area contributed by atoms with Crippen LogP contribution in [0.2, 0.25) is 0 Å². The Labute approximate surface area is 135 Å². The Kier molecular flexibility index (Phi) is 3.85. The monoisotopic (exact) mass is 314 g/mol. The summed E-state index contributed by atoms with van der Waals surface area (Å²) in [6.45, 7) is 2.98. The normalized spacial score (nSPS) is 18.9. The lowest BCUT2D eigenvalue weighted by Gasteiger charge is -2.32. The molecule has 2 aromatic rings. The van der Waals surface area contributed by atoms with E-state index in [0.717, 1.165) is 50.5 Å². The Morgan fingerprint density at radius 1 is 1.17 bits per heavy atom. The van der Waals surface area contributed by atoms with Crippen LogP contribution in [0.4, 0.5) is 0 Å². The highest BCUT2D eigenvalue weighted by Crippen LogP contribution is 2.29. The maximum Gasteiger partial charge on any atom is 0.244 e. The van der Waals surface area contributed by atoms with Gasteiger partial charge in [0.05, 0.1) is 0 Å². The van der Waals surface area contributed by atoms with E-state index in [1.807, 2.05) is 17.2 Å². The highest BCUT2D eigenvalue weighted by Gasteiger charge is 2.28. The number of carbonyl (C=O) groups is 1. The molecule has 0 aromatic carbocycles. The topological polar surface area (TPSA) is 68.8 Å². The van der Waals surface area contributed by atoms with Gasteiger partial charge >= 0.3 is 0 Å². The molecular weight excluding hydrogens is 292 g/mol. The van der Waals surface area contributed by atoms with Crippen molar-refractivity contribution in [3.8, 4) is 0 Å². The fourth-order valence-electron chi connectivity index (χ4n) is 3.65. The molecule has 0 atom stereocenters. The van der Waals surface area contributed by atoms with E-state index in [1.165, 1.54) is 12.8 Å². The molecule has 0 bridgehead atoms. The molecule has 0 saturated carbocycles. The molecule has 0 aliphatic carbocycles. The fraction of sp³-hybridized carbons (Fsp3) is 0.625. The number of nitrogens with zero attached hydrogens (tertiary/aromatic N) is 6. The zero-order valence-electron chi connectivity index (χ0n) is 13.3. The number of amides is 1. The van der Waals surface area contributed by atoms with E-state index < -0.39 is 0 Å². The van der Waals surface area contributed by atoms with Crippen LogP contribution in [-0.4, -0.2) is 48.4 Å². The van der Waals surface area contributed by atoms with E-state index in [9.17, 15) is 4.79 Å². The summed E-state index contributed by atoms with van der Waals surface area (Å²) in [7, 11) is 0. The maximum atomic E-state index is 12.3. The minimum absolute atomic E-state index is 0.149. The van der Waals surface area contributed by atoms with E-state index in [1.54, 1.807) is 10.9 Å². The largest absolute Gasteiger partial charge is 0.341 e. The van der Waals surface area contributed by atoms with Crippen LogP contribution in [0, 0.1) is 0 Å². The van der Waals surface area contributed by atoms with Crippen molar-refractivity contribution < 1.29 is 4.79 Å². The molecule has 7 heteroatoms. The molecule has 1 amide bonds. The molecule has 7 nitrogen and oxygen atoms in total. The van der Waals surface area contributed by atoms with E-state index in [0.29, 0.717) is 12.5 Å². The molecule has 2 aliphatic rings.